The van der Waals surface area contributed by atoms with E-state index in [1.54, 1.807) is 13.2 Å². The number of hydrogen-bond acceptors (Lipinski definition) is 6. The van der Waals surface area contributed by atoms with Gasteiger partial charge in [-0.2, -0.15) is 0 Å². The molecule has 0 radical (unpaired) electrons. The van der Waals surface area contributed by atoms with Gasteiger partial charge in [0.05, 0.1) is 26.3 Å². The van der Waals surface area contributed by atoms with E-state index < -0.39 is 0 Å². The quantitative estimate of drug-likeness (QED) is 0.478. The maximum atomic E-state index is 12.3. The van der Waals surface area contributed by atoms with Crippen LogP contribution in [0.3, 0.4) is 0 Å². The average Bonchev–Trinajstić information content (AvgIpc) is 3.24. The third-order valence-corrected chi connectivity index (χ3v) is 5.28. The van der Waals surface area contributed by atoms with Crippen LogP contribution >= 0.6 is 0 Å². The molecule has 8 nitrogen and oxygen atoms in total. The molecule has 3 rings (SSSR count). The van der Waals surface area contributed by atoms with Crippen LogP contribution in [0.25, 0.3) is 0 Å². The van der Waals surface area contributed by atoms with Gasteiger partial charge in [0.15, 0.2) is 0 Å². The Labute approximate surface area is 188 Å². The third-order valence-electron chi connectivity index (χ3n) is 5.28. The van der Waals surface area contributed by atoms with Crippen LogP contribution < -0.4 is 10.1 Å². The molecule has 0 saturated carbocycles. The Morgan fingerprint density at radius 1 is 1.19 bits per heavy atom. The number of methoxy groups -OCH3 is 2. The lowest BCUT2D eigenvalue weighted by molar-refractivity contribution is -0.123. The highest BCUT2D eigenvalue weighted by atomic mass is 16.5. The van der Waals surface area contributed by atoms with Crippen LogP contribution in [-0.2, 0) is 27.3 Å². The topological polar surface area (TPSA) is 105 Å². The van der Waals surface area contributed by atoms with E-state index in [0.717, 1.165) is 42.8 Å². The van der Waals surface area contributed by atoms with Crippen molar-refractivity contribution in [1.82, 2.24) is 10.2 Å². The summed E-state index contributed by atoms with van der Waals surface area (Å²) in [4.78, 5) is 34.6. The van der Waals surface area contributed by atoms with E-state index in [-0.39, 0.29) is 18.3 Å². The molecular formula is C24H30N2O6. The summed E-state index contributed by atoms with van der Waals surface area (Å²) in [5.74, 6) is 0.962. The van der Waals surface area contributed by atoms with Crippen LogP contribution in [0.2, 0.25) is 0 Å². The lowest BCUT2D eigenvalue weighted by atomic mass is 9.97. The van der Waals surface area contributed by atoms with Crippen LogP contribution in [0.5, 0.6) is 5.75 Å². The van der Waals surface area contributed by atoms with Crippen LogP contribution in [0.1, 0.15) is 27.9 Å². The molecule has 1 atom stereocenters. The van der Waals surface area contributed by atoms with Gasteiger partial charge < -0.3 is 19.9 Å². The number of esters is 1. The minimum Gasteiger partial charge on any atom is -0.496 e. The number of hydrogen-bond donors (Lipinski definition) is 2. The fourth-order valence-corrected chi connectivity index (χ4v) is 3.80. The summed E-state index contributed by atoms with van der Waals surface area (Å²) in [6.07, 6.45) is 1.94. The third kappa shape index (κ3) is 7.70. The molecule has 8 heteroatoms. The molecular weight excluding hydrogens is 412 g/mol. The highest BCUT2D eigenvalue weighted by Crippen LogP contribution is 2.21. The zero-order valence-electron chi connectivity index (χ0n) is 18.5. The number of likely N-dealkylation sites (tertiary alicyclic amines) is 1. The lowest BCUT2D eigenvalue weighted by Gasteiger charge is -2.16. The zero-order valence-corrected chi connectivity index (χ0v) is 18.5. The van der Waals surface area contributed by atoms with E-state index in [0.29, 0.717) is 24.6 Å². The number of amides is 1. The number of nitrogens with zero attached hydrogens (tertiary/aromatic N) is 1. The number of benzene rings is 2. The van der Waals surface area contributed by atoms with Gasteiger partial charge in [-0.25, -0.2) is 4.79 Å². The maximum Gasteiger partial charge on any atom is 0.337 e. The Morgan fingerprint density at radius 2 is 1.94 bits per heavy atom. The summed E-state index contributed by atoms with van der Waals surface area (Å²) in [5, 5.41) is 9.87. The summed E-state index contributed by atoms with van der Waals surface area (Å²) >= 11 is 0. The van der Waals surface area contributed by atoms with Crippen molar-refractivity contribution in [3.63, 3.8) is 0 Å². The molecule has 0 aromatic heterocycles. The highest BCUT2D eigenvalue weighted by molar-refractivity contribution is 5.89. The normalized spacial score (nSPS) is 15.2. The smallest absolute Gasteiger partial charge is 0.337 e. The number of para-hydroxylation sites is 1. The highest BCUT2D eigenvalue weighted by Gasteiger charge is 2.24. The van der Waals surface area contributed by atoms with Gasteiger partial charge in [0.2, 0.25) is 5.91 Å². The minimum atomic E-state index is -0.313. The predicted octanol–water partition coefficient (Wildman–Crippen LogP) is 2.36. The maximum absolute atomic E-state index is 12.3. The van der Waals surface area contributed by atoms with Gasteiger partial charge in [-0.1, -0.05) is 30.3 Å². The molecule has 1 heterocycles. The average molecular weight is 443 g/mol. The second-order valence-electron chi connectivity index (χ2n) is 7.48. The Hall–Kier alpha value is -3.39. The van der Waals surface area contributed by atoms with Gasteiger partial charge in [0, 0.05) is 18.7 Å². The summed E-state index contributed by atoms with van der Waals surface area (Å²) in [5.41, 5.74) is 2.67. The van der Waals surface area contributed by atoms with Crippen molar-refractivity contribution in [3.05, 3.63) is 65.2 Å². The Bertz CT molecular complexity index is 902. The first-order valence-corrected chi connectivity index (χ1v) is 10.4. The second-order valence-corrected chi connectivity index (χ2v) is 7.48. The summed E-state index contributed by atoms with van der Waals surface area (Å²) in [6.45, 7) is 2.39. The minimum absolute atomic E-state index is 0.0178. The van der Waals surface area contributed by atoms with Crippen molar-refractivity contribution in [1.29, 1.82) is 0 Å². The van der Waals surface area contributed by atoms with E-state index in [2.05, 4.69) is 10.2 Å². The Kier molecular flexibility index (Phi) is 10.2. The molecule has 0 bridgehead atoms. The number of nitrogens with one attached hydrogen (secondary N) is 1. The molecule has 172 valence electrons. The fraction of sp³-hybridized carbons (Fsp3) is 0.375. The molecule has 32 heavy (non-hydrogen) atoms. The lowest BCUT2D eigenvalue weighted by Crippen LogP contribution is -2.35. The summed E-state index contributed by atoms with van der Waals surface area (Å²) < 4.78 is 10.1. The number of carbonyl (C=O) groups is 3. The molecule has 2 aromatic carbocycles. The van der Waals surface area contributed by atoms with E-state index in [4.69, 9.17) is 19.4 Å². The van der Waals surface area contributed by atoms with Crippen molar-refractivity contribution in [2.45, 2.75) is 19.4 Å². The number of rotatable bonds is 8. The molecule has 2 aromatic rings. The monoisotopic (exact) mass is 442 g/mol. The van der Waals surface area contributed by atoms with E-state index in [1.807, 2.05) is 42.5 Å². The Morgan fingerprint density at radius 3 is 2.66 bits per heavy atom. The van der Waals surface area contributed by atoms with Gasteiger partial charge in [0.25, 0.3) is 6.47 Å². The van der Waals surface area contributed by atoms with E-state index in [1.165, 1.54) is 7.11 Å². The van der Waals surface area contributed by atoms with Gasteiger partial charge >= 0.3 is 5.97 Å². The number of carbonyl (C=O) groups excluding carboxylic acids is 2. The van der Waals surface area contributed by atoms with Crippen molar-refractivity contribution >= 4 is 18.3 Å². The predicted molar refractivity (Wildman–Crippen MR) is 120 cm³/mol. The summed E-state index contributed by atoms with van der Waals surface area (Å²) in [7, 11) is 3.02. The van der Waals surface area contributed by atoms with E-state index >= 15 is 0 Å². The zero-order chi connectivity index (χ0) is 23.3. The van der Waals surface area contributed by atoms with Gasteiger partial charge in [0.1, 0.15) is 5.75 Å². The molecule has 1 aliphatic heterocycles. The van der Waals surface area contributed by atoms with Gasteiger partial charge in [-0.3, -0.25) is 14.5 Å². The molecule has 1 unspecified atom stereocenters. The van der Waals surface area contributed by atoms with Crippen LogP contribution in [0.4, 0.5) is 0 Å². The van der Waals surface area contributed by atoms with Crippen molar-refractivity contribution in [2.24, 2.45) is 5.92 Å². The first kappa shape index (κ1) is 24.9. The van der Waals surface area contributed by atoms with Gasteiger partial charge in [-0.05, 0) is 49.1 Å². The van der Waals surface area contributed by atoms with Crippen molar-refractivity contribution in [2.75, 3.05) is 33.9 Å². The molecule has 2 N–H and O–H groups in total. The fourth-order valence-electron chi connectivity index (χ4n) is 3.80. The molecule has 1 saturated heterocycles. The van der Waals surface area contributed by atoms with E-state index in [9.17, 15) is 9.59 Å². The van der Waals surface area contributed by atoms with Crippen LogP contribution in [0, 0.1) is 5.92 Å². The number of carboxylic acid groups (broad SMARTS) is 1. The largest absolute Gasteiger partial charge is 0.496 e. The van der Waals surface area contributed by atoms with Crippen LogP contribution in [0.15, 0.2) is 48.5 Å². The molecule has 0 aliphatic carbocycles. The molecule has 1 amide bonds. The number of ether oxygens (including phenoxy) is 2. The summed E-state index contributed by atoms with van der Waals surface area (Å²) in [6, 6.07) is 15.3. The standard InChI is InChI=1S/C23H28N2O4.CH2O2/c1-28-21-9-4-3-7-20(21)14-24-22(26)16-25-11-10-18(15-25)12-17-6-5-8-19(13-17)23(27)29-2;2-1-3/h3-9,13,18H,10-12,14-16H2,1-2H3,(H,24,26);1H,(H,2,3). The van der Waals surface area contributed by atoms with Crippen LogP contribution in [-0.4, -0.2) is 62.2 Å². The SMILES string of the molecule is COC(=O)c1cccc(CC2CCN(CC(=O)NCc3ccccc3OC)C2)c1.O=CO. The van der Waals surface area contributed by atoms with Crippen molar-refractivity contribution in [3.8, 4) is 5.75 Å². The van der Waals surface area contributed by atoms with Gasteiger partial charge in [-0.15, -0.1) is 0 Å². The second kappa shape index (κ2) is 13.1. The van der Waals surface area contributed by atoms with Crippen molar-refractivity contribution < 1.29 is 29.0 Å². The Balaban J connectivity index is 0.00000114. The molecule has 0 spiro atoms. The molecule has 1 fully saturated rings. The first-order valence-electron chi connectivity index (χ1n) is 10.4. The first-order chi connectivity index (χ1) is 15.5. The molecule has 1 aliphatic rings.